The number of benzene rings is 1. The molecule has 1 amide bonds. The van der Waals surface area contributed by atoms with E-state index in [4.69, 9.17) is 15.2 Å². The maximum atomic E-state index is 12.6. The van der Waals surface area contributed by atoms with Crippen LogP contribution in [0.2, 0.25) is 0 Å². The molecule has 7 unspecified atom stereocenters. The van der Waals surface area contributed by atoms with E-state index in [0.717, 1.165) is 48.0 Å². The fourth-order valence-corrected chi connectivity index (χ4v) is 10.8. The van der Waals surface area contributed by atoms with Crippen LogP contribution in [0.15, 0.2) is 24.3 Å². The lowest BCUT2D eigenvalue weighted by molar-refractivity contribution is -0.144. The Bertz CT molecular complexity index is 1190. The van der Waals surface area contributed by atoms with Gasteiger partial charge >= 0.3 is 11.9 Å². The van der Waals surface area contributed by atoms with Crippen molar-refractivity contribution >= 4 is 17.8 Å². The minimum absolute atomic E-state index is 0.0898. The summed E-state index contributed by atoms with van der Waals surface area (Å²) in [5.74, 6) is 4.58. The molecule has 0 radical (unpaired) electrons. The van der Waals surface area contributed by atoms with Gasteiger partial charge in [-0.25, -0.2) is 4.79 Å². The van der Waals surface area contributed by atoms with E-state index in [0.29, 0.717) is 41.9 Å². The highest BCUT2D eigenvalue weighted by Gasteiger charge is 2.60. The van der Waals surface area contributed by atoms with Crippen LogP contribution in [0.5, 0.6) is 5.75 Å². The topological polar surface area (TPSA) is 108 Å². The van der Waals surface area contributed by atoms with Crippen molar-refractivity contribution in [1.82, 2.24) is 5.32 Å². The zero-order valence-corrected chi connectivity index (χ0v) is 28.3. The number of ether oxygens (including phenoxy) is 2. The molecule has 4 saturated carbocycles. The van der Waals surface area contributed by atoms with Crippen molar-refractivity contribution in [2.24, 2.45) is 52.1 Å². The lowest BCUT2D eigenvalue weighted by atomic mass is 9.42. The molecule has 7 nitrogen and oxygen atoms in total. The fraction of sp³-hybridized carbons (Fsp3) is 0.763. The van der Waals surface area contributed by atoms with E-state index in [-0.39, 0.29) is 12.5 Å². The molecule has 9 atom stereocenters. The van der Waals surface area contributed by atoms with Crippen LogP contribution in [0.25, 0.3) is 0 Å². The van der Waals surface area contributed by atoms with Gasteiger partial charge in [0.2, 0.25) is 5.91 Å². The highest BCUT2D eigenvalue weighted by Crippen LogP contribution is 2.69. The van der Waals surface area contributed by atoms with Crippen molar-refractivity contribution in [3.63, 3.8) is 0 Å². The molecule has 1 aromatic rings. The standard InChI is InChI=1S/C38H58N2O5/c1-5-26-23-29-31-18-15-27(37(31,3)21-19-32(29)38(4)20-8-7-11-30(26)38)10-9-12-34(41)40-24-35(42)45-28-16-13-25(14-17-28)22-33(39)36(43)44-6-2/h13-14,16-17,26-27,29-33H,5-12,15,18-24,39H2,1-4H3,(H,40,41)/t26-,27?,29?,30?,31?,32-,33?,37?,38?/m0/s1. The fourth-order valence-electron chi connectivity index (χ4n) is 10.8. The molecule has 4 aliphatic carbocycles. The summed E-state index contributed by atoms with van der Waals surface area (Å²) in [7, 11) is 0. The molecule has 4 fully saturated rings. The van der Waals surface area contributed by atoms with E-state index in [9.17, 15) is 14.4 Å². The molecule has 0 aliphatic heterocycles. The monoisotopic (exact) mass is 622 g/mol. The Morgan fingerprint density at radius 1 is 0.956 bits per heavy atom. The minimum atomic E-state index is -0.736. The number of fused-ring (bicyclic) bond motifs is 5. The molecule has 45 heavy (non-hydrogen) atoms. The number of esters is 2. The van der Waals surface area contributed by atoms with Crippen LogP contribution < -0.4 is 15.8 Å². The Morgan fingerprint density at radius 2 is 1.71 bits per heavy atom. The number of carbonyl (C=O) groups excluding carboxylic acids is 3. The molecule has 0 heterocycles. The number of hydrogen-bond donors (Lipinski definition) is 2. The highest BCUT2D eigenvalue weighted by atomic mass is 16.5. The molecule has 0 spiro atoms. The van der Waals surface area contributed by atoms with Crippen molar-refractivity contribution in [1.29, 1.82) is 0 Å². The zero-order chi connectivity index (χ0) is 32.2. The molecule has 0 saturated heterocycles. The predicted octanol–water partition coefficient (Wildman–Crippen LogP) is 7.00. The number of hydrogen-bond acceptors (Lipinski definition) is 6. The maximum absolute atomic E-state index is 12.6. The van der Waals surface area contributed by atoms with Crippen molar-refractivity contribution in [2.75, 3.05) is 13.2 Å². The van der Waals surface area contributed by atoms with E-state index >= 15 is 0 Å². The van der Waals surface area contributed by atoms with Gasteiger partial charge in [0.25, 0.3) is 0 Å². The van der Waals surface area contributed by atoms with Crippen LogP contribution in [0.3, 0.4) is 0 Å². The van der Waals surface area contributed by atoms with Crippen LogP contribution >= 0.6 is 0 Å². The van der Waals surface area contributed by atoms with E-state index in [1.807, 2.05) is 0 Å². The van der Waals surface area contributed by atoms with Crippen molar-refractivity contribution in [3.05, 3.63) is 29.8 Å². The summed E-state index contributed by atoms with van der Waals surface area (Å²) in [5, 5.41) is 2.75. The summed E-state index contributed by atoms with van der Waals surface area (Å²) in [4.78, 5) is 36.8. The number of amides is 1. The van der Waals surface area contributed by atoms with Gasteiger partial charge in [-0.15, -0.1) is 0 Å². The second kappa shape index (κ2) is 14.6. The van der Waals surface area contributed by atoms with Gasteiger partial charge in [-0.05, 0) is 135 Å². The summed E-state index contributed by atoms with van der Waals surface area (Å²) in [6.07, 6.45) is 16.8. The van der Waals surface area contributed by atoms with Crippen LogP contribution in [0, 0.1) is 46.3 Å². The number of nitrogens with two attached hydrogens (primary N) is 1. The van der Waals surface area contributed by atoms with E-state index in [1.54, 1.807) is 31.2 Å². The SMILES string of the molecule is CCOC(=O)C(N)Cc1ccc(OC(=O)CNC(=O)CCCC2CCC3C4C[C@H](CC)C5CCCCC5(C)[C@H]4CCC23C)cc1. The molecule has 0 bridgehead atoms. The summed E-state index contributed by atoms with van der Waals surface area (Å²) in [6, 6.07) is 6.13. The van der Waals surface area contributed by atoms with Crippen molar-refractivity contribution in [3.8, 4) is 5.75 Å². The molecule has 1 aromatic carbocycles. The molecule has 3 N–H and O–H groups in total. The molecular weight excluding hydrogens is 564 g/mol. The average molecular weight is 623 g/mol. The molecule has 4 aliphatic rings. The van der Waals surface area contributed by atoms with Gasteiger partial charge in [0, 0.05) is 6.42 Å². The number of carbonyl (C=O) groups is 3. The van der Waals surface area contributed by atoms with E-state index < -0.39 is 18.0 Å². The zero-order valence-electron chi connectivity index (χ0n) is 28.3. The van der Waals surface area contributed by atoms with Crippen molar-refractivity contribution < 1.29 is 23.9 Å². The lowest BCUT2D eigenvalue weighted by Crippen LogP contribution is -2.55. The Hall–Kier alpha value is -2.41. The largest absolute Gasteiger partial charge is 0.465 e. The van der Waals surface area contributed by atoms with Crippen molar-refractivity contribution in [2.45, 2.75) is 124 Å². The normalized spacial score (nSPS) is 34.5. The quantitative estimate of drug-likeness (QED) is 0.192. The highest BCUT2D eigenvalue weighted by molar-refractivity contribution is 5.82. The van der Waals surface area contributed by atoms with Crippen LogP contribution in [-0.2, 0) is 25.5 Å². The average Bonchev–Trinajstić information content (AvgIpc) is 3.36. The van der Waals surface area contributed by atoms with Crippen LogP contribution in [0.1, 0.15) is 117 Å². The van der Waals surface area contributed by atoms with Gasteiger partial charge in [0.05, 0.1) is 6.61 Å². The van der Waals surface area contributed by atoms with E-state index in [1.165, 1.54) is 64.2 Å². The Balaban J connectivity index is 1.04. The summed E-state index contributed by atoms with van der Waals surface area (Å²) < 4.78 is 10.3. The Morgan fingerprint density at radius 3 is 2.44 bits per heavy atom. The molecule has 250 valence electrons. The van der Waals surface area contributed by atoms with Crippen LogP contribution in [-0.4, -0.2) is 37.0 Å². The first-order valence-corrected chi connectivity index (χ1v) is 18.1. The number of nitrogens with one attached hydrogen (secondary N) is 1. The molecular formula is C38H58N2O5. The van der Waals surface area contributed by atoms with Gasteiger partial charge in [-0.2, -0.15) is 0 Å². The summed E-state index contributed by atoms with van der Waals surface area (Å²) in [5.41, 5.74) is 7.70. The Labute approximate surface area is 271 Å². The first-order valence-electron chi connectivity index (χ1n) is 18.1. The van der Waals surface area contributed by atoms with Crippen LogP contribution in [0.4, 0.5) is 0 Å². The lowest BCUT2D eigenvalue weighted by Gasteiger charge is -2.62. The van der Waals surface area contributed by atoms with Gasteiger partial charge in [0.1, 0.15) is 18.3 Å². The third-order valence-corrected chi connectivity index (χ3v) is 13.1. The minimum Gasteiger partial charge on any atom is -0.465 e. The Kier molecular flexibility index (Phi) is 11.0. The summed E-state index contributed by atoms with van der Waals surface area (Å²) in [6.45, 7) is 9.60. The smallest absolute Gasteiger partial charge is 0.330 e. The van der Waals surface area contributed by atoms with Gasteiger partial charge in [-0.3, -0.25) is 9.59 Å². The molecule has 7 heteroatoms. The third-order valence-electron chi connectivity index (χ3n) is 13.1. The maximum Gasteiger partial charge on any atom is 0.330 e. The molecule has 0 aromatic heterocycles. The number of rotatable bonds is 12. The molecule has 5 rings (SSSR count). The van der Waals surface area contributed by atoms with Gasteiger partial charge in [-0.1, -0.05) is 52.2 Å². The first-order chi connectivity index (χ1) is 21.6. The third kappa shape index (κ3) is 7.29. The second-order valence-corrected chi connectivity index (χ2v) is 15.3. The van der Waals surface area contributed by atoms with Gasteiger partial charge < -0.3 is 20.5 Å². The second-order valence-electron chi connectivity index (χ2n) is 15.3. The first kappa shape index (κ1) is 33.9. The predicted molar refractivity (Wildman–Crippen MR) is 176 cm³/mol. The van der Waals surface area contributed by atoms with E-state index in [2.05, 4.69) is 26.1 Å². The summed E-state index contributed by atoms with van der Waals surface area (Å²) >= 11 is 0. The van der Waals surface area contributed by atoms with Gasteiger partial charge in [0.15, 0.2) is 0 Å².